The van der Waals surface area contributed by atoms with E-state index in [9.17, 15) is 4.79 Å². The number of nitrogens with zero attached hydrogens (tertiary/aromatic N) is 3. The van der Waals surface area contributed by atoms with Crippen LogP contribution in [0, 0.1) is 0 Å². The van der Waals surface area contributed by atoms with Crippen molar-refractivity contribution in [3.63, 3.8) is 0 Å². The van der Waals surface area contributed by atoms with Crippen molar-refractivity contribution in [3.8, 4) is 0 Å². The van der Waals surface area contributed by atoms with Gasteiger partial charge in [-0.3, -0.25) is 9.89 Å². The van der Waals surface area contributed by atoms with Gasteiger partial charge >= 0.3 is 0 Å². The van der Waals surface area contributed by atoms with Crippen LogP contribution in [0.15, 0.2) is 48.7 Å². The molecule has 0 bridgehead atoms. The highest BCUT2D eigenvalue weighted by Gasteiger charge is 2.32. The predicted octanol–water partition coefficient (Wildman–Crippen LogP) is 3.42. The number of morpholine rings is 1. The quantitative estimate of drug-likeness (QED) is 0.540. The van der Waals surface area contributed by atoms with Crippen molar-refractivity contribution in [2.24, 2.45) is 0 Å². The summed E-state index contributed by atoms with van der Waals surface area (Å²) in [7, 11) is 0. The summed E-state index contributed by atoms with van der Waals surface area (Å²) in [5.41, 5.74) is 4.93. The lowest BCUT2D eigenvalue weighted by atomic mass is 9.83. The molecule has 0 spiro atoms. The zero-order chi connectivity index (χ0) is 20.1. The Morgan fingerprint density at radius 1 is 1.07 bits per heavy atom. The van der Waals surface area contributed by atoms with E-state index in [4.69, 9.17) is 9.72 Å². The maximum atomic E-state index is 12.6. The maximum absolute atomic E-state index is 12.6. The molecular formula is C23H21N5O2. The number of nitrogens with one attached hydrogen (secondary N) is 2. The normalized spacial score (nSPS) is 19.1. The monoisotopic (exact) mass is 399 g/mol. The Morgan fingerprint density at radius 3 is 2.83 bits per heavy atom. The van der Waals surface area contributed by atoms with Crippen LogP contribution >= 0.6 is 0 Å². The SMILES string of the molecule is O=C1CC(c2cc3ccccc3nc2N2CCOCC2)c2c(ccc3cn[nH]c23)N1. The van der Waals surface area contributed by atoms with Crippen LogP contribution in [0.4, 0.5) is 11.5 Å². The number of anilines is 2. The first-order chi connectivity index (χ1) is 14.8. The number of amides is 1. The van der Waals surface area contributed by atoms with E-state index >= 15 is 0 Å². The largest absolute Gasteiger partial charge is 0.378 e. The summed E-state index contributed by atoms with van der Waals surface area (Å²) >= 11 is 0. The van der Waals surface area contributed by atoms with Gasteiger partial charge in [-0.15, -0.1) is 0 Å². The molecule has 0 saturated carbocycles. The van der Waals surface area contributed by atoms with Gasteiger partial charge in [0.15, 0.2) is 0 Å². The molecule has 7 heteroatoms. The number of carbonyl (C=O) groups excluding carboxylic acids is 1. The minimum Gasteiger partial charge on any atom is -0.378 e. The highest BCUT2D eigenvalue weighted by molar-refractivity contribution is 6.01. The number of rotatable bonds is 2. The molecule has 2 aromatic carbocycles. The second-order valence-electron chi connectivity index (χ2n) is 7.86. The Hall–Kier alpha value is -3.45. The van der Waals surface area contributed by atoms with Crippen LogP contribution in [0.2, 0.25) is 0 Å². The molecule has 1 saturated heterocycles. The molecule has 30 heavy (non-hydrogen) atoms. The van der Waals surface area contributed by atoms with Crippen molar-refractivity contribution in [1.82, 2.24) is 15.2 Å². The minimum absolute atomic E-state index is 0.0208. The topological polar surface area (TPSA) is 83.1 Å². The summed E-state index contributed by atoms with van der Waals surface area (Å²) in [5, 5.41) is 12.5. The van der Waals surface area contributed by atoms with Gasteiger partial charge in [0.1, 0.15) is 5.82 Å². The lowest BCUT2D eigenvalue weighted by Crippen LogP contribution is -2.38. The molecule has 0 aliphatic carbocycles. The van der Waals surface area contributed by atoms with Crippen molar-refractivity contribution in [3.05, 3.63) is 59.8 Å². The third-order valence-corrected chi connectivity index (χ3v) is 6.09. The van der Waals surface area contributed by atoms with Crippen LogP contribution in [0.5, 0.6) is 0 Å². The van der Waals surface area contributed by atoms with Gasteiger partial charge in [-0.25, -0.2) is 4.98 Å². The minimum atomic E-state index is -0.104. The first-order valence-corrected chi connectivity index (χ1v) is 10.3. The van der Waals surface area contributed by atoms with Gasteiger partial charge in [0, 0.05) is 53.0 Å². The zero-order valence-electron chi connectivity index (χ0n) is 16.4. The van der Waals surface area contributed by atoms with Gasteiger partial charge in [0.25, 0.3) is 0 Å². The average molecular weight is 399 g/mol. The van der Waals surface area contributed by atoms with Gasteiger partial charge in [0.05, 0.1) is 30.4 Å². The number of para-hydroxylation sites is 1. The summed E-state index contributed by atoms with van der Waals surface area (Å²) in [6.45, 7) is 2.94. The van der Waals surface area contributed by atoms with E-state index in [0.29, 0.717) is 19.6 Å². The zero-order valence-corrected chi connectivity index (χ0v) is 16.4. The molecule has 2 aliphatic rings. The third kappa shape index (κ3) is 2.74. The Balaban J connectivity index is 1.61. The lowest BCUT2D eigenvalue weighted by molar-refractivity contribution is -0.116. The van der Waals surface area contributed by atoms with E-state index in [0.717, 1.165) is 57.5 Å². The van der Waals surface area contributed by atoms with Crippen LogP contribution in [0.25, 0.3) is 21.8 Å². The lowest BCUT2D eigenvalue weighted by Gasteiger charge is -2.33. The molecule has 4 aromatic rings. The number of aromatic nitrogens is 3. The standard InChI is InChI=1S/C23H21N5O2/c29-20-12-16(21-19(25-20)6-5-15-13-24-27-22(15)21)17-11-14-3-1-2-4-18(14)26-23(17)28-7-9-30-10-8-28/h1-6,11,13,16H,7-10,12H2,(H,24,27)(H,25,29). The summed E-state index contributed by atoms with van der Waals surface area (Å²) in [6, 6.07) is 14.3. The molecule has 2 aromatic heterocycles. The number of H-pyrrole nitrogens is 1. The van der Waals surface area contributed by atoms with Crippen LogP contribution in [-0.4, -0.2) is 47.4 Å². The van der Waals surface area contributed by atoms with Crippen molar-refractivity contribution in [2.45, 2.75) is 12.3 Å². The highest BCUT2D eigenvalue weighted by atomic mass is 16.5. The molecule has 1 unspecified atom stereocenters. The van der Waals surface area contributed by atoms with Crippen molar-refractivity contribution in [1.29, 1.82) is 0 Å². The maximum Gasteiger partial charge on any atom is 0.225 e. The average Bonchev–Trinajstić information content (AvgIpc) is 3.27. The summed E-state index contributed by atoms with van der Waals surface area (Å²) in [4.78, 5) is 20.0. The van der Waals surface area contributed by atoms with Crippen LogP contribution in [0.3, 0.4) is 0 Å². The second-order valence-corrected chi connectivity index (χ2v) is 7.86. The molecule has 4 heterocycles. The van der Waals surface area contributed by atoms with Gasteiger partial charge in [-0.05, 0) is 24.3 Å². The number of hydrogen-bond acceptors (Lipinski definition) is 5. The van der Waals surface area contributed by atoms with Crippen molar-refractivity contribution in [2.75, 3.05) is 36.5 Å². The molecular weight excluding hydrogens is 378 g/mol. The fourth-order valence-corrected chi connectivity index (χ4v) is 4.67. The van der Waals surface area contributed by atoms with E-state index in [1.807, 2.05) is 36.5 Å². The predicted molar refractivity (Wildman–Crippen MR) is 116 cm³/mol. The van der Waals surface area contributed by atoms with E-state index < -0.39 is 0 Å². The fourth-order valence-electron chi connectivity index (χ4n) is 4.67. The molecule has 1 fully saturated rings. The molecule has 2 aliphatic heterocycles. The fraction of sp³-hybridized carbons (Fsp3) is 0.261. The Morgan fingerprint density at radius 2 is 1.93 bits per heavy atom. The van der Waals surface area contributed by atoms with Gasteiger partial charge in [-0.2, -0.15) is 5.10 Å². The number of fused-ring (bicyclic) bond motifs is 4. The van der Waals surface area contributed by atoms with Crippen molar-refractivity contribution < 1.29 is 9.53 Å². The summed E-state index contributed by atoms with van der Waals surface area (Å²) in [5.74, 6) is 0.861. The Bertz CT molecular complexity index is 1280. The van der Waals surface area contributed by atoms with E-state index in [1.54, 1.807) is 0 Å². The number of hydrogen-bond donors (Lipinski definition) is 2. The molecule has 6 rings (SSSR count). The van der Waals surface area contributed by atoms with Crippen LogP contribution in [-0.2, 0) is 9.53 Å². The van der Waals surface area contributed by atoms with Crippen molar-refractivity contribution >= 4 is 39.2 Å². The summed E-state index contributed by atoms with van der Waals surface area (Å²) < 4.78 is 5.57. The van der Waals surface area contributed by atoms with E-state index in [-0.39, 0.29) is 11.8 Å². The number of carbonyl (C=O) groups is 1. The van der Waals surface area contributed by atoms with Gasteiger partial charge in [-0.1, -0.05) is 18.2 Å². The number of benzene rings is 2. The number of ether oxygens (including phenoxy) is 1. The van der Waals surface area contributed by atoms with E-state index in [1.165, 1.54) is 0 Å². The van der Waals surface area contributed by atoms with E-state index in [2.05, 4.69) is 32.5 Å². The van der Waals surface area contributed by atoms with Gasteiger partial charge < -0.3 is 15.0 Å². The molecule has 2 N–H and O–H groups in total. The molecule has 1 amide bonds. The van der Waals surface area contributed by atoms with Crippen LogP contribution in [0.1, 0.15) is 23.5 Å². The Kier molecular flexibility index (Phi) is 3.95. The first kappa shape index (κ1) is 17.4. The Labute approximate surface area is 173 Å². The molecule has 0 radical (unpaired) electrons. The third-order valence-electron chi connectivity index (χ3n) is 6.09. The molecule has 7 nitrogen and oxygen atoms in total. The molecule has 1 atom stereocenters. The second kappa shape index (κ2) is 6.81. The summed E-state index contributed by atoms with van der Waals surface area (Å²) in [6.07, 6.45) is 2.20. The van der Waals surface area contributed by atoms with Crippen LogP contribution < -0.4 is 10.2 Å². The number of aromatic amines is 1. The highest BCUT2D eigenvalue weighted by Crippen LogP contribution is 2.44. The first-order valence-electron chi connectivity index (χ1n) is 10.3. The number of pyridine rings is 1. The smallest absolute Gasteiger partial charge is 0.225 e. The van der Waals surface area contributed by atoms with Gasteiger partial charge in [0.2, 0.25) is 5.91 Å². The molecule has 150 valence electrons.